The van der Waals surface area contributed by atoms with Crippen LogP contribution in [-0.4, -0.2) is 11.4 Å². The third-order valence-corrected chi connectivity index (χ3v) is 11.4. The molecule has 8 aromatic carbocycles. The second-order valence-electron chi connectivity index (χ2n) is 14.4. The van der Waals surface area contributed by atoms with Gasteiger partial charge in [-0.2, -0.15) is 0 Å². The SMILES string of the molecule is c1ccc(C2c3ccccc3-c3ccc(C4=Nc5ccccc5C(c5ccc6c(c5)C(c5ccccc5)c5ccccc5-6)=Nc5ccccc54)cc32)cc1. The Morgan fingerprint density at radius 1 is 0.278 bits per heavy atom. The normalized spacial score (nSPS) is 16.0. The quantitative estimate of drug-likeness (QED) is 0.176. The third-order valence-electron chi connectivity index (χ3n) is 11.4. The van der Waals surface area contributed by atoms with E-state index in [1.165, 1.54) is 55.6 Å². The van der Waals surface area contributed by atoms with Crippen molar-refractivity contribution in [1.82, 2.24) is 0 Å². The summed E-state index contributed by atoms with van der Waals surface area (Å²) in [5.74, 6) is 0.314. The van der Waals surface area contributed by atoms with Crippen LogP contribution >= 0.6 is 0 Å². The van der Waals surface area contributed by atoms with Crippen LogP contribution < -0.4 is 0 Å². The highest BCUT2D eigenvalue weighted by atomic mass is 14.8. The first-order valence-corrected chi connectivity index (χ1v) is 18.7. The van der Waals surface area contributed by atoms with E-state index in [4.69, 9.17) is 9.98 Å². The molecule has 2 aliphatic carbocycles. The molecule has 0 fully saturated rings. The number of nitrogens with zero attached hydrogens (tertiary/aromatic N) is 2. The van der Waals surface area contributed by atoms with Crippen molar-refractivity contribution >= 4 is 22.8 Å². The first-order chi connectivity index (χ1) is 26.8. The average molecular weight is 687 g/mol. The minimum Gasteiger partial charge on any atom is -0.247 e. The van der Waals surface area contributed by atoms with Gasteiger partial charge in [-0.25, -0.2) is 9.98 Å². The molecule has 2 atom stereocenters. The summed E-state index contributed by atoms with van der Waals surface area (Å²) in [6, 6.07) is 70.2. The molecule has 252 valence electrons. The molecule has 0 spiro atoms. The zero-order chi connectivity index (χ0) is 35.6. The molecule has 0 saturated carbocycles. The highest BCUT2D eigenvalue weighted by molar-refractivity contribution is 6.23. The predicted octanol–water partition coefficient (Wildman–Crippen LogP) is 12.7. The molecular weight excluding hydrogens is 653 g/mol. The fourth-order valence-electron chi connectivity index (χ4n) is 9.06. The van der Waals surface area contributed by atoms with E-state index in [1.807, 2.05) is 0 Å². The minimum absolute atomic E-state index is 0.157. The molecule has 8 aromatic rings. The summed E-state index contributed by atoms with van der Waals surface area (Å²) in [6.07, 6.45) is 0. The van der Waals surface area contributed by atoms with Crippen LogP contribution in [0.5, 0.6) is 0 Å². The van der Waals surface area contributed by atoms with Crippen LogP contribution in [0.1, 0.15) is 67.5 Å². The summed E-state index contributed by atoms with van der Waals surface area (Å²) in [5, 5.41) is 0. The van der Waals surface area contributed by atoms with E-state index in [1.54, 1.807) is 0 Å². The molecule has 0 saturated heterocycles. The molecule has 2 nitrogen and oxygen atoms in total. The van der Waals surface area contributed by atoms with Gasteiger partial charge in [0.15, 0.2) is 0 Å². The molecule has 2 heteroatoms. The topological polar surface area (TPSA) is 24.7 Å². The Labute approximate surface area is 315 Å². The smallest absolute Gasteiger partial charge is 0.0803 e. The standard InChI is InChI=1S/C52H34N2/c1-3-15-33(16-4-1)49-41-21-9-7-19-37(41)39-29-27-35(31-45(39)49)51-43-23-11-13-25-47(43)54-52(44-24-12-14-26-48(44)53-51)36-28-30-40-38-20-8-10-22-42(38)50(46(40)32-36)34-17-5-2-6-18-34/h1-32,49-50H. The number of hydrogen-bond acceptors (Lipinski definition) is 2. The lowest BCUT2D eigenvalue weighted by Crippen LogP contribution is -2.11. The summed E-state index contributed by atoms with van der Waals surface area (Å²) < 4.78 is 0. The largest absolute Gasteiger partial charge is 0.247 e. The van der Waals surface area contributed by atoms with Crippen molar-refractivity contribution in [2.24, 2.45) is 9.98 Å². The van der Waals surface area contributed by atoms with Crippen LogP contribution in [0.15, 0.2) is 204 Å². The van der Waals surface area contributed by atoms with Crippen molar-refractivity contribution < 1.29 is 0 Å². The van der Waals surface area contributed by atoms with E-state index >= 15 is 0 Å². The lowest BCUT2D eigenvalue weighted by molar-refractivity contribution is 1.01. The van der Waals surface area contributed by atoms with Gasteiger partial charge in [0.05, 0.1) is 22.8 Å². The van der Waals surface area contributed by atoms with Gasteiger partial charge in [0, 0.05) is 34.1 Å². The lowest BCUT2D eigenvalue weighted by Gasteiger charge is -2.20. The fraction of sp³-hybridized carbons (Fsp3) is 0.0385. The van der Waals surface area contributed by atoms with E-state index in [9.17, 15) is 0 Å². The molecule has 11 rings (SSSR count). The number of benzene rings is 8. The maximum absolute atomic E-state index is 5.56. The molecule has 0 bridgehead atoms. The number of fused-ring (bicyclic) bond motifs is 8. The van der Waals surface area contributed by atoms with Crippen LogP contribution in [-0.2, 0) is 0 Å². The van der Waals surface area contributed by atoms with Gasteiger partial charge in [-0.1, -0.05) is 170 Å². The molecule has 0 amide bonds. The minimum atomic E-state index is 0.157. The number of para-hydroxylation sites is 2. The Morgan fingerprint density at radius 2 is 0.630 bits per heavy atom. The van der Waals surface area contributed by atoms with Crippen LogP contribution in [0.2, 0.25) is 0 Å². The van der Waals surface area contributed by atoms with Crippen molar-refractivity contribution in [2.45, 2.75) is 11.8 Å². The van der Waals surface area contributed by atoms with Crippen LogP contribution in [0.4, 0.5) is 11.4 Å². The molecule has 0 radical (unpaired) electrons. The van der Waals surface area contributed by atoms with Gasteiger partial charge in [-0.05, 0) is 79.9 Å². The molecule has 3 aliphatic rings. The second-order valence-corrected chi connectivity index (χ2v) is 14.4. The van der Waals surface area contributed by atoms with Crippen molar-refractivity contribution in [3.63, 3.8) is 0 Å². The van der Waals surface area contributed by atoms with Gasteiger partial charge in [-0.15, -0.1) is 0 Å². The number of aliphatic imine (C=N–C) groups is 2. The Hall–Kier alpha value is -6.90. The van der Waals surface area contributed by atoms with Crippen molar-refractivity contribution in [3.05, 3.63) is 250 Å². The summed E-state index contributed by atoms with van der Waals surface area (Å²) in [6.45, 7) is 0. The molecule has 0 N–H and O–H groups in total. The van der Waals surface area contributed by atoms with Gasteiger partial charge in [-0.3, -0.25) is 0 Å². The highest BCUT2D eigenvalue weighted by Crippen LogP contribution is 2.50. The summed E-state index contributed by atoms with van der Waals surface area (Å²) in [7, 11) is 0. The average Bonchev–Trinajstić information content (AvgIpc) is 3.74. The van der Waals surface area contributed by atoms with Crippen LogP contribution in [0.25, 0.3) is 22.3 Å². The van der Waals surface area contributed by atoms with Gasteiger partial charge in [0.1, 0.15) is 0 Å². The first kappa shape index (κ1) is 30.7. The molecule has 1 heterocycles. The molecule has 54 heavy (non-hydrogen) atoms. The van der Waals surface area contributed by atoms with Gasteiger partial charge in [0.25, 0.3) is 0 Å². The Kier molecular flexibility index (Phi) is 7.03. The maximum Gasteiger partial charge on any atom is 0.0803 e. The Morgan fingerprint density at radius 3 is 1.07 bits per heavy atom. The Balaban J connectivity index is 1.08. The fourth-order valence-corrected chi connectivity index (χ4v) is 9.06. The van der Waals surface area contributed by atoms with Gasteiger partial charge in [0.2, 0.25) is 0 Å². The number of rotatable bonds is 4. The monoisotopic (exact) mass is 686 g/mol. The van der Waals surface area contributed by atoms with E-state index in [2.05, 4.69) is 194 Å². The van der Waals surface area contributed by atoms with Gasteiger partial charge >= 0.3 is 0 Å². The number of hydrogen-bond donors (Lipinski definition) is 0. The Bertz CT molecular complexity index is 2630. The van der Waals surface area contributed by atoms with Crippen molar-refractivity contribution in [3.8, 4) is 22.3 Å². The highest BCUT2D eigenvalue weighted by Gasteiger charge is 2.32. The zero-order valence-electron chi connectivity index (χ0n) is 29.5. The van der Waals surface area contributed by atoms with E-state index in [0.717, 1.165) is 45.1 Å². The molecular formula is C52H34N2. The van der Waals surface area contributed by atoms with E-state index in [-0.39, 0.29) is 11.8 Å². The van der Waals surface area contributed by atoms with Gasteiger partial charge < -0.3 is 0 Å². The molecule has 0 aromatic heterocycles. The van der Waals surface area contributed by atoms with Crippen LogP contribution in [0.3, 0.4) is 0 Å². The first-order valence-electron chi connectivity index (χ1n) is 18.7. The predicted molar refractivity (Wildman–Crippen MR) is 222 cm³/mol. The van der Waals surface area contributed by atoms with Crippen molar-refractivity contribution in [2.75, 3.05) is 0 Å². The summed E-state index contributed by atoms with van der Waals surface area (Å²) in [5.41, 5.74) is 21.0. The van der Waals surface area contributed by atoms with Crippen molar-refractivity contribution in [1.29, 1.82) is 0 Å². The molecule has 1 aliphatic heterocycles. The summed E-state index contributed by atoms with van der Waals surface area (Å²) in [4.78, 5) is 11.1. The zero-order valence-corrected chi connectivity index (χ0v) is 29.5. The second kappa shape index (κ2) is 12.4. The lowest BCUT2D eigenvalue weighted by atomic mass is 9.87. The summed E-state index contributed by atoms with van der Waals surface area (Å²) >= 11 is 0. The molecule has 2 unspecified atom stereocenters. The van der Waals surface area contributed by atoms with Crippen LogP contribution in [0, 0.1) is 0 Å². The maximum atomic E-state index is 5.56. The van der Waals surface area contributed by atoms with E-state index in [0.29, 0.717) is 0 Å². The third kappa shape index (κ3) is 4.81. The van der Waals surface area contributed by atoms with E-state index < -0.39 is 0 Å².